The van der Waals surface area contributed by atoms with E-state index in [1.165, 1.54) is 0 Å². The van der Waals surface area contributed by atoms with Crippen LogP contribution in [0.2, 0.25) is 0 Å². The zero-order valence-corrected chi connectivity index (χ0v) is 7.65. The predicted molar refractivity (Wildman–Crippen MR) is 46.5 cm³/mol. The molecule has 2 rings (SSSR count). The maximum Gasteiger partial charge on any atom is 0.486 e. The van der Waals surface area contributed by atoms with E-state index < -0.39 is 24.8 Å². The quantitative estimate of drug-likeness (QED) is 0.704. The van der Waals surface area contributed by atoms with Crippen molar-refractivity contribution in [2.24, 2.45) is 0 Å². The number of ketones is 1. The van der Waals surface area contributed by atoms with Crippen LogP contribution in [0.15, 0.2) is 30.3 Å². The molecule has 1 saturated heterocycles. The smallest absolute Gasteiger partial charge is 0.292 e. The van der Waals surface area contributed by atoms with Crippen LogP contribution in [0.3, 0.4) is 0 Å². The highest BCUT2D eigenvalue weighted by molar-refractivity contribution is 5.99. The van der Waals surface area contributed by atoms with Crippen LogP contribution in [0.5, 0.6) is 0 Å². The molecule has 1 heterocycles. The summed E-state index contributed by atoms with van der Waals surface area (Å²) in [5, 5.41) is 0. The minimum Gasteiger partial charge on any atom is -0.292 e. The minimum absolute atomic E-state index is 0.337. The third kappa shape index (κ3) is 2.19. The zero-order chi connectivity index (χ0) is 10.9. The molecule has 0 radical (unpaired) electrons. The maximum atomic E-state index is 12.5. The van der Waals surface area contributed by atoms with E-state index in [2.05, 4.69) is 9.47 Å². The Morgan fingerprint density at radius 1 is 1.33 bits per heavy atom. The van der Waals surface area contributed by atoms with Crippen LogP contribution in [-0.4, -0.2) is 24.8 Å². The molecule has 0 spiro atoms. The second kappa shape index (κ2) is 3.67. The van der Waals surface area contributed by atoms with Gasteiger partial charge >= 0.3 is 6.29 Å². The lowest BCUT2D eigenvalue weighted by Gasteiger charge is -2.08. The number of hydrogen-bond donors (Lipinski definition) is 0. The molecule has 0 aliphatic carbocycles. The molecule has 80 valence electrons. The van der Waals surface area contributed by atoms with Gasteiger partial charge in [-0.15, -0.1) is 8.78 Å². The van der Waals surface area contributed by atoms with Gasteiger partial charge in [0.05, 0.1) is 6.61 Å². The Bertz CT molecular complexity index is 364. The first-order valence-electron chi connectivity index (χ1n) is 4.37. The van der Waals surface area contributed by atoms with E-state index in [-0.39, 0.29) is 0 Å². The first kappa shape index (κ1) is 10.2. The highest BCUT2D eigenvalue weighted by Gasteiger charge is 2.45. The monoisotopic (exact) mass is 214 g/mol. The number of Topliss-reactive ketones (excluding diaryl/α,β-unsaturated/α-hetero) is 1. The van der Waals surface area contributed by atoms with E-state index in [4.69, 9.17) is 0 Å². The van der Waals surface area contributed by atoms with Gasteiger partial charge in [0.1, 0.15) is 0 Å². The summed E-state index contributed by atoms with van der Waals surface area (Å²) < 4.78 is 33.1. The Morgan fingerprint density at radius 3 is 2.53 bits per heavy atom. The van der Waals surface area contributed by atoms with Crippen molar-refractivity contribution in [2.45, 2.75) is 12.4 Å². The number of carbonyl (C=O) groups excluding carboxylic acids is 1. The fourth-order valence-corrected chi connectivity index (χ4v) is 1.32. The van der Waals surface area contributed by atoms with Crippen molar-refractivity contribution < 1.29 is 23.0 Å². The molecule has 3 nitrogen and oxygen atoms in total. The van der Waals surface area contributed by atoms with Gasteiger partial charge in [0.2, 0.25) is 0 Å². The number of carbonyl (C=O) groups is 1. The molecule has 1 aliphatic heterocycles. The van der Waals surface area contributed by atoms with Crippen molar-refractivity contribution in [1.29, 1.82) is 0 Å². The fourth-order valence-electron chi connectivity index (χ4n) is 1.32. The molecule has 0 amide bonds. The number of halogens is 2. The summed E-state index contributed by atoms with van der Waals surface area (Å²) in [4.78, 5) is 11.6. The van der Waals surface area contributed by atoms with Gasteiger partial charge in [-0.05, 0) is 0 Å². The average Bonchev–Trinajstić information content (AvgIpc) is 2.59. The lowest BCUT2D eigenvalue weighted by atomic mass is 10.1. The summed E-state index contributed by atoms with van der Waals surface area (Å²) >= 11 is 0. The summed E-state index contributed by atoms with van der Waals surface area (Å²) in [6, 6.07) is 8.13. The molecular formula is C10H8F2O3. The second-order valence-electron chi connectivity index (χ2n) is 3.11. The van der Waals surface area contributed by atoms with E-state index in [0.717, 1.165) is 0 Å². The van der Waals surface area contributed by atoms with Crippen molar-refractivity contribution in [1.82, 2.24) is 0 Å². The van der Waals surface area contributed by atoms with Crippen LogP contribution in [0, 0.1) is 0 Å². The van der Waals surface area contributed by atoms with Gasteiger partial charge in [-0.2, -0.15) is 0 Å². The van der Waals surface area contributed by atoms with Crippen LogP contribution in [0.4, 0.5) is 8.78 Å². The van der Waals surface area contributed by atoms with Crippen molar-refractivity contribution in [3.05, 3.63) is 35.9 Å². The summed E-state index contributed by atoms with van der Waals surface area (Å²) in [5.74, 6) is -0.493. The highest BCUT2D eigenvalue weighted by Crippen LogP contribution is 2.27. The molecule has 0 bridgehead atoms. The summed E-state index contributed by atoms with van der Waals surface area (Å²) in [6.07, 6.45) is -4.86. The first-order chi connectivity index (χ1) is 7.08. The van der Waals surface area contributed by atoms with Crippen LogP contribution in [-0.2, 0) is 9.47 Å². The molecule has 1 aliphatic rings. The van der Waals surface area contributed by atoms with Crippen molar-refractivity contribution in [3.8, 4) is 0 Å². The molecule has 0 N–H and O–H groups in total. The molecule has 1 fully saturated rings. The van der Waals surface area contributed by atoms with Gasteiger partial charge < -0.3 is 0 Å². The summed E-state index contributed by atoms with van der Waals surface area (Å²) in [5.41, 5.74) is 0.337. The molecule has 1 aromatic rings. The molecule has 1 aromatic carbocycles. The van der Waals surface area contributed by atoms with Crippen LogP contribution < -0.4 is 0 Å². The topological polar surface area (TPSA) is 35.5 Å². The van der Waals surface area contributed by atoms with Crippen molar-refractivity contribution in [2.75, 3.05) is 6.61 Å². The van der Waals surface area contributed by atoms with E-state index >= 15 is 0 Å². The van der Waals surface area contributed by atoms with Gasteiger partial charge in [0, 0.05) is 5.56 Å². The highest BCUT2D eigenvalue weighted by atomic mass is 19.3. The van der Waals surface area contributed by atoms with E-state index in [1.54, 1.807) is 30.3 Å². The standard InChI is InChI=1S/C10H8F2O3/c11-10(12)14-6-8(15-10)9(13)7-4-2-1-3-5-7/h1-5,8H,6H2. The average molecular weight is 214 g/mol. The molecule has 0 saturated carbocycles. The van der Waals surface area contributed by atoms with Gasteiger partial charge in [-0.1, -0.05) is 30.3 Å². The Labute approximate surface area is 84.6 Å². The third-order valence-electron chi connectivity index (χ3n) is 2.03. The third-order valence-corrected chi connectivity index (χ3v) is 2.03. The Balaban J connectivity index is 2.11. The van der Waals surface area contributed by atoms with E-state index in [1.807, 2.05) is 0 Å². The number of hydrogen-bond acceptors (Lipinski definition) is 3. The number of alkyl halides is 2. The minimum atomic E-state index is -3.64. The Morgan fingerprint density at radius 2 is 2.00 bits per heavy atom. The van der Waals surface area contributed by atoms with Crippen LogP contribution in [0.25, 0.3) is 0 Å². The van der Waals surface area contributed by atoms with Gasteiger partial charge in [-0.25, -0.2) is 0 Å². The molecule has 15 heavy (non-hydrogen) atoms. The number of benzene rings is 1. The number of ether oxygens (including phenoxy) is 2. The predicted octanol–water partition coefficient (Wildman–Crippen LogP) is 1.83. The Hall–Kier alpha value is -1.33. The summed E-state index contributed by atoms with van der Waals surface area (Å²) in [6.45, 7) is -0.416. The van der Waals surface area contributed by atoms with Crippen LogP contribution >= 0.6 is 0 Å². The van der Waals surface area contributed by atoms with E-state index in [0.29, 0.717) is 5.56 Å². The fraction of sp³-hybridized carbons (Fsp3) is 0.300. The molecule has 5 heteroatoms. The molecule has 1 unspecified atom stereocenters. The summed E-state index contributed by atoms with van der Waals surface area (Å²) in [7, 11) is 0. The first-order valence-corrected chi connectivity index (χ1v) is 4.37. The maximum absolute atomic E-state index is 12.5. The van der Waals surface area contributed by atoms with Gasteiger partial charge in [0.25, 0.3) is 0 Å². The lowest BCUT2D eigenvalue weighted by Crippen LogP contribution is -2.25. The van der Waals surface area contributed by atoms with E-state index in [9.17, 15) is 13.6 Å². The van der Waals surface area contributed by atoms with Gasteiger partial charge in [-0.3, -0.25) is 14.3 Å². The molecule has 0 aromatic heterocycles. The van der Waals surface area contributed by atoms with Crippen LogP contribution in [0.1, 0.15) is 10.4 Å². The second-order valence-corrected chi connectivity index (χ2v) is 3.11. The Kier molecular flexibility index (Phi) is 2.50. The van der Waals surface area contributed by atoms with Crippen molar-refractivity contribution in [3.63, 3.8) is 0 Å². The normalized spacial score (nSPS) is 24.0. The zero-order valence-electron chi connectivity index (χ0n) is 7.65. The molecule has 1 atom stereocenters. The molecular weight excluding hydrogens is 206 g/mol. The van der Waals surface area contributed by atoms with Gasteiger partial charge in [0.15, 0.2) is 11.9 Å². The number of rotatable bonds is 2. The largest absolute Gasteiger partial charge is 0.486 e. The SMILES string of the molecule is O=C(c1ccccc1)C1COC(F)(F)O1. The van der Waals surface area contributed by atoms with Crippen molar-refractivity contribution >= 4 is 5.78 Å². The lowest BCUT2D eigenvalue weighted by molar-refractivity contribution is -0.343.